The number of carbonyl (C=O) groups is 1. The average Bonchev–Trinajstić information content (AvgIpc) is 2.43. The first kappa shape index (κ1) is 14.8. The molecule has 0 aliphatic carbocycles. The molecule has 108 valence electrons. The largest absolute Gasteiger partial charge is 0.353 e. The molecular formula is C17H24N2O. The number of fused-ring (bicyclic) bond motifs is 1. The second kappa shape index (κ2) is 7.25. The predicted molar refractivity (Wildman–Crippen MR) is 82.5 cm³/mol. The van der Waals surface area contributed by atoms with Crippen molar-refractivity contribution in [3.8, 4) is 0 Å². The third kappa shape index (κ3) is 4.49. The van der Waals surface area contributed by atoms with Crippen LogP contribution in [0.5, 0.6) is 0 Å². The topological polar surface area (TPSA) is 32.3 Å². The van der Waals surface area contributed by atoms with Crippen LogP contribution in [0.3, 0.4) is 0 Å². The van der Waals surface area contributed by atoms with Gasteiger partial charge in [0.25, 0.3) is 0 Å². The molecule has 0 fully saturated rings. The fourth-order valence-electron chi connectivity index (χ4n) is 2.57. The lowest BCUT2D eigenvalue weighted by molar-refractivity contribution is -0.116. The van der Waals surface area contributed by atoms with E-state index in [2.05, 4.69) is 34.5 Å². The molecule has 1 amide bonds. The standard InChI is InChI=1S/C17H24N2O/c1-14(2)12-17(20)18-9-5-10-19-11-8-15-6-3-4-7-16(15)13-19/h3-4,6-7,12H,5,8-11,13H2,1-2H3,(H,18,20). The first-order chi connectivity index (χ1) is 9.65. The van der Waals surface area contributed by atoms with E-state index in [1.54, 1.807) is 6.08 Å². The Kier molecular flexibility index (Phi) is 5.36. The molecule has 0 aromatic heterocycles. The summed E-state index contributed by atoms with van der Waals surface area (Å²) in [6.45, 7) is 7.83. The van der Waals surface area contributed by atoms with Gasteiger partial charge in [-0.15, -0.1) is 0 Å². The van der Waals surface area contributed by atoms with Crippen molar-refractivity contribution < 1.29 is 4.79 Å². The van der Waals surface area contributed by atoms with Crippen LogP contribution in [-0.4, -0.2) is 30.4 Å². The molecule has 3 nitrogen and oxygen atoms in total. The minimum Gasteiger partial charge on any atom is -0.353 e. The van der Waals surface area contributed by atoms with Gasteiger partial charge in [0.15, 0.2) is 0 Å². The zero-order chi connectivity index (χ0) is 14.4. The van der Waals surface area contributed by atoms with E-state index in [1.165, 1.54) is 11.1 Å². The van der Waals surface area contributed by atoms with Gasteiger partial charge in [0.05, 0.1) is 0 Å². The molecule has 1 aliphatic heterocycles. The molecule has 0 saturated carbocycles. The number of amides is 1. The molecule has 0 spiro atoms. The Morgan fingerprint density at radius 1 is 1.30 bits per heavy atom. The normalized spacial score (nSPS) is 14.5. The van der Waals surface area contributed by atoms with Crippen LogP contribution in [0.15, 0.2) is 35.9 Å². The average molecular weight is 272 g/mol. The number of allylic oxidation sites excluding steroid dienone is 1. The van der Waals surface area contributed by atoms with Gasteiger partial charge in [-0.05, 0) is 37.8 Å². The van der Waals surface area contributed by atoms with Gasteiger partial charge in [-0.2, -0.15) is 0 Å². The quantitative estimate of drug-likeness (QED) is 0.660. The van der Waals surface area contributed by atoms with Gasteiger partial charge in [-0.1, -0.05) is 29.8 Å². The molecule has 1 heterocycles. The molecule has 0 saturated heterocycles. The minimum absolute atomic E-state index is 0.0222. The molecule has 1 aliphatic rings. The first-order valence-electron chi connectivity index (χ1n) is 7.37. The fraction of sp³-hybridized carbons (Fsp3) is 0.471. The lowest BCUT2D eigenvalue weighted by Crippen LogP contribution is -2.33. The van der Waals surface area contributed by atoms with E-state index in [9.17, 15) is 4.79 Å². The van der Waals surface area contributed by atoms with Gasteiger partial charge in [-0.3, -0.25) is 9.69 Å². The molecule has 0 atom stereocenters. The van der Waals surface area contributed by atoms with E-state index >= 15 is 0 Å². The van der Waals surface area contributed by atoms with Gasteiger partial charge >= 0.3 is 0 Å². The Morgan fingerprint density at radius 3 is 2.80 bits per heavy atom. The number of carbonyl (C=O) groups excluding carboxylic acids is 1. The molecule has 2 rings (SSSR count). The van der Waals surface area contributed by atoms with Crippen molar-refractivity contribution >= 4 is 5.91 Å². The second-order valence-electron chi connectivity index (χ2n) is 5.66. The summed E-state index contributed by atoms with van der Waals surface area (Å²) in [4.78, 5) is 13.9. The fourth-order valence-corrected chi connectivity index (χ4v) is 2.57. The van der Waals surface area contributed by atoms with Crippen LogP contribution in [0.1, 0.15) is 31.4 Å². The van der Waals surface area contributed by atoms with Crippen molar-refractivity contribution in [3.63, 3.8) is 0 Å². The van der Waals surface area contributed by atoms with Crippen LogP contribution in [0.25, 0.3) is 0 Å². The summed E-state index contributed by atoms with van der Waals surface area (Å²) in [5.74, 6) is 0.0222. The maximum atomic E-state index is 11.5. The Hall–Kier alpha value is -1.61. The number of nitrogens with zero attached hydrogens (tertiary/aromatic N) is 1. The number of rotatable bonds is 5. The van der Waals surface area contributed by atoms with Crippen LogP contribution >= 0.6 is 0 Å². The van der Waals surface area contributed by atoms with Gasteiger partial charge in [0.2, 0.25) is 5.91 Å². The van der Waals surface area contributed by atoms with Crippen LogP contribution in [0.2, 0.25) is 0 Å². The number of hydrogen-bond donors (Lipinski definition) is 1. The highest BCUT2D eigenvalue weighted by Gasteiger charge is 2.14. The highest BCUT2D eigenvalue weighted by atomic mass is 16.1. The highest BCUT2D eigenvalue weighted by Crippen LogP contribution is 2.18. The summed E-state index contributed by atoms with van der Waals surface area (Å²) in [6.07, 6.45) is 3.79. The van der Waals surface area contributed by atoms with Crippen LogP contribution in [0.4, 0.5) is 0 Å². The Labute approximate surface area is 121 Å². The summed E-state index contributed by atoms with van der Waals surface area (Å²) in [5.41, 5.74) is 3.98. The molecule has 0 unspecified atom stereocenters. The zero-order valence-electron chi connectivity index (χ0n) is 12.5. The summed E-state index contributed by atoms with van der Waals surface area (Å²) in [5, 5.41) is 2.93. The Balaban J connectivity index is 1.69. The Morgan fingerprint density at radius 2 is 2.05 bits per heavy atom. The molecule has 1 N–H and O–H groups in total. The van der Waals surface area contributed by atoms with Crippen LogP contribution in [-0.2, 0) is 17.8 Å². The zero-order valence-corrected chi connectivity index (χ0v) is 12.5. The molecule has 1 aromatic rings. The van der Waals surface area contributed by atoms with E-state index in [0.29, 0.717) is 0 Å². The SMILES string of the molecule is CC(C)=CC(=O)NCCCN1CCc2ccccc2C1. The van der Waals surface area contributed by atoms with Gasteiger partial charge in [0, 0.05) is 32.3 Å². The molecule has 1 aromatic carbocycles. The van der Waals surface area contributed by atoms with Crippen molar-refractivity contribution in [3.05, 3.63) is 47.0 Å². The summed E-state index contributed by atoms with van der Waals surface area (Å²) in [7, 11) is 0. The van der Waals surface area contributed by atoms with E-state index in [-0.39, 0.29) is 5.91 Å². The van der Waals surface area contributed by atoms with E-state index in [1.807, 2.05) is 13.8 Å². The highest BCUT2D eigenvalue weighted by molar-refractivity contribution is 5.87. The molecule has 0 bridgehead atoms. The number of nitrogens with one attached hydrogen (secondary N) is 1. The van der Waals surface area contributed by atoms with E-state index in [0.717, 1.165) is 44.6 Å². The van der Waals surface area contributed by atoms with E-state index < -0.39 is 0 Å². The first-order valence-corrected chi connectivity index (χ1v) is 7.37. The number of hydrogen-bond acceptors (Lipinski definition) is 2. The third-order valence-electron chi connectivity index (χ3n) is 3.58. The van der Waals surface area contributed by atoms with Crippen molar-refractivity contribution in [1.29, 1.82) is 0 Å². The predicted octanol–water partition coefficient (Wildman–Crippen LogP) is 2.52. The monoisotopic (exact) mass is 272 g/mol. The van der Waals surface area contributed by atoms with Crippen molar-refractivity contribution in [2.45, 2.75) is 33.2 Å². The number of benzene rings is 1. The molecule has 3 heteroatoms. The Bertz CT molecular complexity index is 490. The van der Waals surface area contributed by atoms with Gasteiger partial charge in [0.1, 0.15) is 0 Å². The smallest absolute Gasteiger partial charge is 0.243 e. The minimum atomic E-state index is 0.0222. The maximum Gasteiger partial charge on any atom is 0.243 e. The lowest BCUT2D eigenvalue weighted by atomic mass is 10.00. The van der Waals surface area contributed by atoms with Crippen molar-refractivity contribution in [2.75, 3.05) is 19.6 Å². The van der Waals surface area contributed by atoms with Crippen LogP contribution < -0.4 is 5.32 Å². The second-order valence-corrected chi connectivity index (χ2v) is 5.66. The molecule has 20 heavy (non-hydrogen) atoms. The summed E-state index contributed by atoms with van der Waals surface area (Å²) >= 11 is 0. The summed E-state index contributed by atoms with van der Waals surface area (Å²) in [6, 6.07) is 8.68. The maximum absolute atomic E-state index is 11.5. The van der Waals surface area contributed by atoms with Gasteiger partial charge < -0.3 is 5.32 Å². The summed E-state index contributed by atoms with van der Waals surface area (Å²) < 4.78 is 0. The van der Waals surface area contributed by atoms with E-state index in [4.69, 9.17) is 0 Å². The van der Waals surface area contributed by atoms with Gasteiger partial charge in [-0.25, -0.2) is 0 Å². The van der Waals surface area contributed by atoms with Crippen molar-refractivity contribution in [2.24, 2.45) is 0 Å². The van der Waals surface area contributed by atoms with Crippen LogP contribution in [0, 0.1) is 0 Å². The lowest BCUT2D eigenvalue weighted by Gasteiger charge is -2.28. The van der Waals surface area contributed by atoms with Crippen molar-refractivity contribution in [1.82, 2.24) is 10.2 Å². The molecular weight excluding hydrogens is 248 g/mol. The third-order valence-corrected chi connectivity index (χ3v) is 3.58. The molecule has 0 radical (unpaired) electrons.